The Morgan fingerprint density at radius 2 is 1.84 bits per heavy atom. The van der Waals surface area contributed by atoms with Gasteiger partial charge in [0, 0.05) is 5.56 Å². The first-order chi connectivity index (χ1) is 12.0. The number of fused-ring (bicyclic) bond motifs is 1. The minimum Gasteiger partial charge on any atom is -0.454 e. The van der Waals surface area contributed by atoms with Crippen LogP contribution < -0.4 is 9.47 Å². The third kappa shape index (κ3) is 2.80. The summed E-state index contributed by atoms with van der Waals surface area (Å²) in [5.74, 6) is 1.64. The van der Waals surface area contributed by atoms with Crippen LogP contribution in [0, 0.1) is 0 Å². The van der Waals surface area contributed by atoms with Crippen molar-refractivity contribution in [2.24, 2.45) is 5.16 Å². The number of hydrogen-bond acceptors (Lipinski definition) is 5. The first-order valence-electron chi connectivity index (χ1n) is 8.07. The zero-order valence-electron chi connectivity index (χ0n) is 14.1. The molecule has 1 amide bonds. The van der Waals surface area contributed by atoms with Gasteiger partial charge in [0.25, 0.3) is 5.91 Å². The molecule has 0 saturated heterocycles. The lowest BCUT2D eigenvalue weighted by molar-refractivity contribution is -0.154. The van der Waals surface area contributed by atoms with Crippen LogP contribution in [0.3, 0.4) is 0 Å². The Morgan fingerprint density at radius 3 is 2.64 bits per heavy atom. The molecule has 6 nitrogen and oxygen atoms in total. The third-order valence-electron chi connectivity index (χ3n) is 4.19. The van der Waals surface area contributed by atoms with E-state index in [9.17, 15) is 4.79 Å². The lowest BCUT2D eigenvalue weighted by Gasteiger charge is -2.35. The van der Waals surface area contributed by atoms with E-state index in [0.717, 1.165) is 11.1 Å². The molecule has 0 bridgehead atoms. The predicted molar refractivity (Wildman–Crippen MR) is 91.3 cm³/mol. The van der Waals surface area contributed by atoms with Gasteiger partial charge in [-0.15, -0.1) is 0 Å². The fraction of sp³-hybridized carbons (Fsp3) is 0.263. The molecule has 0 spiro atoms. The highest BCUT2D eigenvalue weighted by Crippen LogP contribution is 2.34. The summed E-state index contributed by atoms with van der Waals surface area (Å²) in [7, 11) is 0. The molecular formula is C19H18N2O4. The summed E-state index contributed by atoms with van der Waals surface area (Å²) >= 11 is 0. The van der Waals surface area contributed by atoms with Crippen molar-refractivity contribution in [3.05, 3.63) is 59.7 Å². The van der Waals surface area contributed by atoms with Crippen LogP contribution in [0.25, 0.3) is 0 Å². The fourth-order valence-electron chi connectivity index (χ4n) is 2.82. The summed E-state index contributed by atoms with van der Waals surface area (Å²) in [6.45, 7) is 4.04. The van der Waals surface area contributed by atoms with E-state index >= 15 is 0 Å². The predicted octanol–water partition coefficient (Wildman–Crippen LogP) is 2.91. The number of carbonyl (C=O) groups is 1. The summed E-state index contributed by atoms with van der Waals surface area (Å²) in [6, 6.07) is 15.3. The Hall–Kier alpha value is -3.02. The highest BCUT2D eigenvalue weighted by atomic mass is 16.7. The van der Waals surface area contributed by atoms with Crippen molar-refractivity contribution in [1.29, 1.82) is 0 Å². The standard InChI is InChI=1S/C19H18N2O4/c1-19(2)18(22)21(11-13-6-4-3-5-7-13)17(20-25-19)14-8-9-15-16(10-14)24-12-23-15/h3-10H,11-12H2,1-2H3. The van der Waals surface area contributed by atoms with E-state index in [1.165, 1.54) is 0 Å². The molecule has 0 atom stereocenters. The molecule has 0 unspecified atom stereocenters. The van der Waals surface area contributed by atoms with Gasteiger partial charge in [0.2, 0.25) is 12.4 Å². The molecule has 128 valence electrons. The number of nitrogens with zero attached hydrogens (tertiary/aromatic N) is 2. The molecule has 2 aromatic rings. The van der Waals surface area contributed by atoms with E-state index in [1.807, 2.05) is 48.5 Å². The van der Waals surface area contributed by atoms with Gasteiger partial charge in [-0.25, -0.2) is 0 Å². The Balaban J connectivity index is 1.73. The molecule has 2 aliphatic heterocycles. The zero-order valence-corrected chi connectivity index (χ0v) is 14.1. The van der Waals surface area contributed by atoms with E-state index in [-0.39, 0.29) is 12.7 Å². The van der Waals surface area contributed by atoms with Gasteiger partial charge in [0.15, 0.2) is 17.3 Å². The van der Waals surface area contributed by atoms with Gasteiger partial charge in [-0.05, 0) is 37.6 Å². The van der Waals surface area contributed by atoms with Crippen LogP contribution in [0.2, 0.25) is 0 Å². The van der Waals surface area contributed by atoms with Gasteiger partial charge < -0.3 is 14.3 Å². The fourth-order valence-corrected chi connectivity index (χ4v) is 2.82. The molecule has 6 heteroatoms. The summed E-state index contributed by atoms with van der Waals surface area (Å²) in [4.78, 5) is 20.0. The second kappa shape index (κ2) is 5.81. The Kier molecular flexibility index (Phi) is 3.60. The summed E-state index contributed by atoms with van der Waals surface area (Å²) in [6.07, 6.45) is 0. The van der Waals surface area contributed by atoms with Crippen molar-refractivity contribution in [2.75, 3.05) is 6.79 Å². The molecule has 2 heterocycles. The molecule has 0 radical (unpaired) electrons. The average molecular weight is 338 g/mol. The second-order valence-corrected chi connectivity index (χ2v) is 6.46. The van der Waals surface area contributed by atoms with Crippen LogP contribution in [0.15, 0.2) is 53.7 Å². The van der Waals surface area contributed by atoms with Crippen molar-refractivity contribution < 1.29 is 19.1 Å². The second-order valence-electron chi connectivity index (χ2n) is 6.46. The SMILES string of the molecule is CC1(C)ON=C(c2ccc3c(c2)OCO3)N(Cc2ccccc2)C1=O. The summed E-state index contributed by atoms with van der Waals surface area (Å²) in [5.41, 5.74) is 0.750. The van der Waals surface area contributed by atoms with Crippen molar-refractivity contribution in [1.82, 2.24) is 4.90 Å². The van der Waals surface area contributed by atoms with Crippen LogP contribution in [0.4, 0.5) is 0 Å². The van der Waals surface area contributed by atoms with Crippen LogP contribution in [0.5, 0.6) is 11.5 Å². The number of benzene rings is 2. The van der Waals surface area contributed by atoms with E-state index in [1.54, 1.807) is 18.7 Å². The highest BCUT2D eigenvalue weighted by Gasteiger charge is 2.41. The van der Waals surface area contributed by atoms with Crippen LogP contribution in [0.1, 0.15) is 25.0 Å². The third-order valence-corrected chi connectivity index (χ3v) is 4.19. The largest absolute Gasteiger partial charge is 0.454 e. The number of ether oxygens (including phenoxy) is 2. The van der Waals surface area contributed by atoms with E-state index in [4.69, 9.17) is 14.3 Å². The van der Waals surface area contributed by atoms with Crippen molar-refractivity contribution in [3.63, 3.8) is 0 Å². The van der Waals surface area contributed by atoms with Gasteiger partial charge in [-0.3, -0.25) is 9.69 Å². The quantitative estimate of drug-likeness (QED) is 0.863. The van der Waals surface area contributed by atoms with Crippen LogP contribution in [-0.4, -0.2) is 29.0 Å². The molecule has 0 aromatic heterocycles. The first-order valence-corrected chi connectivity index (χ1v) is 8.07. The molecule has 0 aliphatic carbocycles. The first kappa shape index (κ1) is 15.5. The molecule has 2 aliphatic rings. The Labute approximate surface area is 145 Å². The lowest BCUT2D eigenvalue weighted by Crippen LogP contribution is -2.52. The van der Waals surface area contributed by atoms with Gasteiger partial charge in [-0.2, -0.15) is 0 Å². The minimum absolute atomic E-state index is 0.140. The van der Waals surface area contributed by atoms with E-state index in [0.29, 0.717) is 23.9 Å². The maximum Gasteiger partial charge on any atom is 0.275 e. The van der Waals surface area contributed by atoms with Gasteiger partial charge in [0.1, 0.15) is 0 Å². The topological polar surface area (TPSA) is 60.4 Å². The number of amidine groups is 1. The lowest BCUT2D eigenvalue weighted by atomic mass is 10.0. The summed E-state index contributed by atoms with van der Waals surface area (Å²) in [5, 5.41) is 4.23. The number of oxime groups is 1. The normalized spacial score (nSPS) is 17.9. The smallest absolute Gasteiger partial charge is 0.275 e. The van der Waals surface area contributed by atoms with E-state index < -0.39 is 5.60 Å². The molecule has 0 saturated carbocycles. The van der Waals surface area contributed by atoms with Crippen molar-refractivity contribution in [3.8, 4) is 11.5 Å². The molecule has 2 aromatic carbocycles. The number of rotatable bonds is 3. The zero-order chi connectivity index (χ0) is 17.4. The number of carbonyl (C=O) groups excluding carboxylic acids is 1. The maximum atomic E-state index is 12.9. The minimum atomic E-state index is -1.01. The molecule has 0 N–H and O–H groups in total. The maximum absolute atomic E-state index is 12.9. The summed E-state index contributed by atoms with van der Waals surface area (Å²) < 4.78 is 10.8. The van der Waals surface area contributed by atoms with Gasteiger partial charge >= 0.3 is 0 Å². The Bertz CT molecular complexity index is 846. The number of hydrogen-bond donors (Lipinski definition) is 0. The van der Waals surface area contributed by atoms with Crippen molar-refractivity contribution >= 4 is 11.7 Å². The highest BCUT2D eigenvalue weighted by molar-refractivity contribution is 6.10. The Morgan fingerprint density at radius 1 is 1.08 bits per heavy atom. The van der Waals surface area contributed by atoms with Crippen molar-refractivity contribution in [2.45, 2.75) is 26.0 Å². The molecule has 4 rings (SSSR count). The number of amides is 1. The van der Waals surface area contributed by atoms with Crippen LogP contribution >= 0.6 is 0 Å². The molecular weight excluding hydrogens is 320 g/mol. The van der Waals surface area contributed by atoms with Crippen LogP contribution in [-0.2, 0) is 16.2 Å². The molecule has 0 fully saturated rings. The van der Waals surface area contributed by atoms with Gasteiger partial charge in [0.05, 0.1) is 6.54 Å². The molecule has 25 heavy (non-hydrogen) atoms. The van der Waals surface area contributed by atoms with E-state index in [2.05, 4.69) is 5.16 Å². The van der Waals surface area contributed by atoms with Gasteiger partial charge in [-0.1, -0.05) is 35.5 Å². The monoisotopic (exact) mass is 338 g/mol. The average Bonchev–Trinajstić information content (AvgIpc) is 3.08.